The molecule has 0 atom stereocenters. The van der Waals surface area contributed by atoms with Gasteiger partial charge in [-0.25, -0.2) is 4.90 Å². The molecule has 0 N–H and O–H groups in total. The highest BCUT2D eigenvalue weighted by Crippen LogP contribution is 2.41. The SMILES string of the molecule is N#Cc1ccc(-c2ccc3c(c2)c2ccccc2n3-c2cccc3c2C(=O)N(c2ccccc2-c2ccccc2)C3=O)cc1. The molecule has 0 unspecified atom stereocenters. The summed E-state index contributed by atoms with van der Waals surface area (Å²) in [5, 5.41) is 11.3. The average molecular weight is 566 g/mol. The van der Waals surface area contributed by atoms with Crippen molar-refractivity contribution in [2.45, 2.75) is 0 Å². The Balaban J connectivity index is 1.31. The standard InChI is InChI=1S/C39H23N3O2/c40-24-25-17-19-26(20-18-25)28-21-22-35-32(23-28)30-12-5-7-15-34(30)41(35)36-16-8-13-31-37(36)39(44)42(38(31)43)33-14-6-4-11-29(33)27-9-2-1-3-10-27/h1-23H. The quantitative estimate of drug-likeness (QED) is 0.200. The molecular weight excluding hydrogens is 542 g/mol. The second kappa shape index (κ2) is 9.94. The van der Waals surface area contributed by atoms with Crippen molar-refractivity contribution in [3.8, 4) is 34.0 Å². The third kappa shape index (κ3) is 3.79. The van der Waals surface area contributed by atoms with Gasteiger partial charge in [0.15, 0.2) is 0 Å². The molecule has 5 heteroatoms. The number of hydrogen-bond donors (Lipinski definition) is 0. The number of nitriles is 1. The van der Waals surface area contributed by atoms with Crippen molar-refractivity contribution in [2.75, 3.05) is 4.90 Å². The maximum absolute atomic E-state index is 14.3. The molecule has 1 aliphatic rings. The normalized spacial score (nSPS) is 12.6. The zero-order valence-corrected chi connectivity index (χ0v) is 23.4. The minimum absolute atomic E-state index is 0.334. The van der Waals surface area contributed by atoms with Gasteiger partial charge in [-0.3, -0.25) is 9.59 Å². The molecule has 0 fully saturated rings. The Morgan fingerprint density at radius 2 is 1.16 bits per heavy atom. The van der Waals surface area contributed by atoms with Crippen molar-refractivity contribution < 1.29 is 9.59 Å². The zero-order valence-electron chi connectivity index (χ0n) is 23.4. The number of rotatable bonds is 4. The summed E-state index contributed by atoms with van der Waals surface area (Å²) in [6, 6.07) is 46.9. The van der Waals surface area contributed by atoms with Gasteiger partial charge >= 0.3 is 0 Å². The van der Waals surface area contributed by atoms with Crippen LogP contribution in [0.1, 0.15) is 26.3 Å². The fourth-order valence-corrected chi connectivity index (χ4v) is 6.35. The van der Waals surface area contributed by atoms with Gasteiger partial charge in [0.1, 0.15) is 0 Å². The molecule has 2 amide bonds. The van der Waals surface area contributed by atoms with E-state index in [9.17, 15) is 14.9 Å². The van der Waals surface area contributed by atoms with E-state index in [0.717, 1.165) is 44.1 Å². The summed E-state index contributed by atoms with van der Waals surface area (Å²) in [5.74, 6) is -0.678. The fourth-order valence-electron chi connectivity index (χ4n) is 6.35. The van der Waals surface area contributed by atoms with Crippen molar-refractivity contribution in [1.82, 2.24) is 4.57 Å². The first-order valence-electron chi connectivity index (χ1n) is 14.3. The molecule has 0 radical (unpaired) electrons. The molecule has 1 aromatic heterocycles. The third-order valence-corrected chi connectivity index (χ3v) is 8.38. The number of anilines is 1. The molecular formula is C39H23N3O2. The smallest absolute Gasteiger partial charge is 0.268 e. The van der Waals surface area contributed by atoms with E-state index in [1.54, 1.807) is 6.07 Å². The Morgan fingerprint density at radius 1 is 0.500 bits per heavy atom. The predicted octanol–water partition coefficient (Wildman–Crippen LogP) is 8.79. The summed E-state index contributed by atoms with van der Waals surface area (Å²) in [6.45, 7) is 0. The summed E-state index contributed by atoms with van der Waals surface area (Å²) in [6.07, 6.45) is 0. The van der Waals surface area contributed by atoms with Gasteiger partial charge < -0.3 is 4.57 Å². The first-order chi connectivity index (χ1) is 21.6. The van der Waals surface area contributed by atoms with Crippen molar-refractivity contribution >= 4 is 39.3 Å². The van der Waals surface area contributed by atoms with Gasteiger partial charge in [0.2, 0.25) is 0 Å². The lowest BCUT2D eigenvalue weighted by atomic mass is 10.0. The highest BCUT2D eigenvalue weighted by Gasteiger charge is 2.40. The number of carbonyl (C=O) groups is 2. The number of carbonyl (C=O) groups excluding carboxylic acids is 2. The minimum Gasteiger partial charge on any atom is -0.308 e. The van der Waals surface area contributed by atoms with E-state index in [2.05, 4.69) is 34.9 Å². The molecule has 44 heavy (non-hydrogen) atoms. The second-order valence-electron chi connectivity index (χ2n) is 10.8. The van der Waals surface area contributed by atoms with Crippen molar-refractivity contribution in [2.24, 2.45) is 0 Å². The molecule has 1 aliphatic heterocycles. The Bertz CT molecular complexity index is 2330. The highest BCUT2D eigenvalue weighted by atomic mass is 16.2. The van der Waals surface area contributed by atoms with Gasteiger partial charge in [-0.15, -0.1) is 0 Å². The number of aromatic nitrogens is 1. The van der Waals surface area contributed by atoms with Gasteiger partial charge in [0.25, 0.3) is 11.8 Å². The first kappa shape index (κ1) is 25.5. The Morgan fingerprint density at radius 3 is 1.98 bits per heavy atom. The second-order valence-corrected chi connectivity index (χ2v) is 10.8. The topological polar surface area (TPSA) is 66.1 Å². The van der Waals surface area contributed by atoms with Crippen molar-refractivity contribution in [3.63, 3.8) is 0 Å². The van der Waals surface area contributed by atoms with Gasteiger partial charge in [0, 0.05) is 16.3 Å². The molecule has 0 aliphatic carbocycles. The van der Waals surface area contributed by atoms with Gasteiger partial charge in [-0.2, -0.15) is 5.26 Å². The zero-order chi connectivity index (χ0) is 29.8. The number of hydrogen-bond acceptors (Lipinski definition) is 3. The molecule has 7 aromatic rings. The van der Waals surface area contributed by atoms with Crippen molar-refractivity contribution in [1.29, 1.82) is 5.26 Å². The number of para-hydroxylation sites is 2. The van der Waals surface area contributed by atoms with Gasteiger partial charge in [-0.1, -0.05) is 91.0 Å². The molecule has 6 aromatic carbocycles. The predicted molar refractivity (Wildman–Crippen MR) is 174 cm³/mol. The Hall–Kier alpha value is -6.25. The van der Waals surface area contributed by atoms with E-state index in [1.807, 2.05) is 109 Å². The molecule has 206 valence electrons. The van der Waals surface area contributed by atoms with E-state index >= 15 is 0 Å². The largest absolute Gasteiger partial charge is 0.308 e. The van der Waals surface area contributed by atoms with E-state index in [0.29, 0.717) is 28.1 Å². The van der Waals surface area contributed by atoms with E-state index in [-0.39, 0.29) is 11.8 Å². The van der Waals surface area contributed by atoms with Crippen LogP contribution in [0.5, 0.6) is 0 Å². The lowest BCUT2D eigenvalue weighted by Crippen LogP contribution is -2.30. The molecule has 0 saturated carbocycles. The number of amides is 2. The van der Waals surface area contributed by atoms with E-state index in [1.165, 1.54) is 4.90 Å². The monoisotopic (exact) mass is 565 g/mol. The average Bonchev–Trinajstić information content (AvgIpc) is 3.55. The Kier molecular flexibility index (Phi) is 5.75. The van der Waals surface area contributed by atoms with E-state index in [4.69, 9.17) is 0 Å². The van der Waals surface area contributed by atoms with Crippen LogP contribution < -0.4 is 4.90 Å². The molecule has 5 nitrogen and oxygen atoms in total. The summed E-state index contributed by atoms with van der Waals surface area (Å²) in [4.78, 5) is 29.6. The lowest BCUT2D eigenvalue weighted by Gasteiger charge is -2.18. The molecule has 0 saturated heterocycles. The van der Waals surface area contributed by atoms with Crippen LogP contribution in [0.2, 0.25) is 0 Å². The summed E-state index contributed by atoms with van der Waals surface area (Å²) >= 11 is 0. The van der Waals surface area contributed by atoms with Crippen LogP contribution in [0, 0.1) is 11.3 Å². The number of nitrogens with zero attached hydrogens (tertiary/aromatic N) is 3. The number of imide groups is 1. The van der Waals surface area contributed by atoms with Crippen LogP contribution in [0.15, 0.2) is 140 Å². The molecule has 8 rings (SSSR count). The minimum atomic E-state index is -0.343. The number of benzene rings is 6. The summed E-state index contributed by atoms with van der Waals surface area (Å²) < 4.78 is 2.09. The van der Waals surface area contributed by atoms with Crippen LogP contribution in [-0.2, 0) is 0 Å². The maximum Gasteiger partial charge on any atom is 0.268 e. The molecule has 2 heterocycles. The fraction of sp³-hybridized carbons (Fsp3) is 0. The third-order valence-electron chi connectivity index (χ3n) is 8.38. The number of fused-ring (bicyclic) bond motifs is 4. The van der Waals surface area contributed by atoms with Crippen LogP contribution >= 0.6 is 0 Å². The van der Waals surface area contributed by atoms with Gasteiger partial charge in [0.05, 0.1) is 45.2 Å². The molecule has 0 bridgehead atoms. The lowest BCUT2D eigenvalue weighted by molar-refractivity contribution is 0.0926. The van der Waals surface area contributed by atoms with Crippen LogP contribution in [0.3, 0.4) is 0 Å². The van der Waals surface area contributed by atoms with Crippen LogP contribution in [0.25, 0.3) is 49.7 Å². The maximum atomic E-state index is 14.3. The van der Waals surface area contributed by atoms with Gasteiger partial charge in [-0.05, 0) is 65.2 Å². The van der Waals surface area contributed by atoms with Crippen molar-refractivity contribution in [3.05, 3.63) is 156 Å². The summed E-state index contributed by atoms with van der Waals surface area (Å²) in [5.41, 5.74) is 8.27. The highest BCUT2D eigenvalue weighted by molar-refractivity contribution is 6.36. The molecule has 0 spiro atoms. The first-order valence-corrected chi connectivity index (χ1v) is 14.3. The Labute approximate surface area is 253 Å². The van der Waals surface area contributed by atoms with Crippen LogP contribution in [0.4, 0.5) is 5.69 Å². The van der Waals surface area contributed by atoms with E-state index < -0.39 is 0 Å². The van der Waals surface area contributed by atoms with Crippen LogP contribution in [-0.4, -0.2) is 16.4 Å². The summed E-state index contributed by atoms with van der Waals surface area (Å²) in [7, 11) is 0.